The molecule has 100 valence electrons. The van der Waals surface area contributed by atoms with Crippen LogP contribution in [0, 0.1) is 10.1 Å². The van der Waals surface area contributed by atoms with Crippen molar-refractivity contribution in [2.45, 2.75) is 4.90 Å². The molecule has 0 amide bonds. The van der Waals surface area contributed by atoms with Crippen molar-refractivity contribution in [3.05, 3.63) is 28.3 Å². The topological polar surface area (TPSA) is 89.3 Å². The molecule has 0 aliphatic heterocycles. The zero-order chi connectivity index (χ0) is 13.8. The number of thioether (sulfide) groups is 1. The molecule has 1 N–H and O–H groups in total. The summed E-state index contributed by atoms with van der Waals surface area (Å²) in [6, 6.07) is 4.92. The van der Waals surface area contributed by atoms with Crippen LogP contribution in [0.2, 0.25) is 0 Å². The fourth-order valence-electron chi connectivity index (χ4n) is 1.33. The Hall–Kier alpha value is -1.28. The number of nitro groups is 1. The number of nitro benzene ring substituents is 1. The molecule has 0 fully saturated rings. The largest absolute Gasteiger partial charge is 0.383 e. The van der Waals surface area contributed by atoms with Crippen molar-refractivity contribution < 1.29 is 13.3 Å². The van der Waals surface area contributed by atoms with E-state index in [0.29, 0.717) is 16.3 Å². The Balaban J connectivity index is 2.92. The van der Waals surface area contributed by atoms with E-state index in [9.17, 15) is 18.5 Å². The molecule has 0 saturated heterocycles. The zero-order valence-corrected chi connectivity index (χ0v) is 11.7. The molecule has 1 aromatic carbocycles. The Labute approximate surface area is 110 Å². The fraction of sp³-hybridized carbons (Fsp3) is 0.400. The lowest BCUT2D eigenvalue weighted by Crippen LogP contribution is -2.05. The van der Waals surface area contributed by atoms with Gasteiger partial charge in [0.15, 0.2) is 0 Å². The highest BCUT2D eigenvalue weighted by molar-refractivity contribution is 8.00. The molecule has 0 aliphatic carbocycles. The summed E-state index contributed by atoms with van der Waals surface area (Å²) < 4.78 is 22.0. The molecule has 0 aromatic heterocycles. The van der Waals surface area contributed by atoms with Gasteiger partial charge in [-0.15, -0.1) is 11.8 Å². The van der Waals surface area contributed by atoms with E-state index in [-0.39, 0.29) is 11.4 Å². The molecule has 0 atom stereocenters. The minimum atomic E-state index is -3.05. The molecule has 0 bridgehead atoms. The second-order valence-electron chi connectivity index (χ2n) is 3.64. The second kappa shape index (κ2) is 6.05. The van der Waals surface area contributed by atoms with E-state index in [4.69, 9.17) is 0 Å². The molecular formula is C10H14N2O4S2. The van der Waals surface area contributed by atoms with Crippen LogP contribution in [0.15, 0.2) is 23.1 Å². The minimum Gasteiger partial charge on any atom is -0.383 e. The first-order valence-corrected chi connectivity index (χ1v) is 8.15. The molecule has 0 aliphatic rings. The molecule has 0 radical (unpaired) electrons. The maximum atomic E-state index is 11.0. The van der Waals surface area contributed by atoms with Crippen LogP contribution < -0.4 is 5.32 Å². The van der Waals surface area contributed by atoms with Crippen LogP contribution in [0.5, 0.6) is 0 Å². The number of rotatable bonds is 6. The smallest absolute Gasteiger partial charge is 0.305 e. The van der Waals surface area contributed by atoms with Crippen molar-refractivity contribution in [2.75, 3.05) is 30.1 Å². The van der Waals surface area contributed by atoms with Crippen LogP contribution in [0.3, 0.4) is 0 Å². The maximum Gasteiger partial charge on any atom is 0.305 e. The standard InChI is InChI=1S/C10H14N2O4S2/c1-11-8-4-3-5-9(10(8)12(13)14)17-6-7-18(2,15)16/h3-5,11H,6-7H2,1-2H3. The molecule has 0 saturated carbocycles. The van der Waals surface area contributed by atoms with Gasteiger partial charge in [0.25, 0.3) is 0 Å². The van der Waals surface area contributed by atoms with Gasteiger partial charge in [-0.3, -0.25) is 10.1 Å². The third-order valence-electron chi connectivity index (χ3n) is 2.16. The molecule has 6 nitrogen and oxygen atoms in total. The van der Waals surface area contributed by atoms with Gasteiger partial charge in [0.2, 0.25) is 0 Å². The van der Waals surface area contributed by atoms with E-state index in [1.807, 2.05) is 0 Å². The van der Waals surface area contributed by atoms with Gasteiger partial charge < -0.3 is 5.32 Å². The minimum absolute atomic E-state index is 0.00139. The highest BCUT2D eigenvalue weighted by Crippen LogP contribution is 2.35. The van der Waals surface area contributed by atoms with Crippen LogP contribution >= 0.6 is 11.8 Å². The Morgan fingerprint density at radius 3 is 2.61 bits per heavy atom. The van der Waals surface area contributed by atoms with E-state index in [0.717, 1.165) is 6.26 Å². The summed E-state index contributed by atoms with van der Waals surface area (Å²) in [5.41, 5.74) is 0.405. The summed E-state index contributed by atoms with van der Waals surface area (Å²) in [7, 11) is -1.44. The summed E-state index contributed by atoms with van der Waals surface area (Å²) >= 11 is 1.17. The number of benzene rings is 1. The summed E-state index contributed by atoms with van der Waals surface area (Å²) in [5.74, 6) is 0.297. The first-order chi connectivity index (χ1) is 8.35. The SMILES string of the molecule is CNc1cccc(SCCS(C)(=O)=O)c1[N+](=O)[O-]. The molecular weight excluding hydrogens is 276 g/mol. The third kappa shape index (κ3) is 4.19. The summed E-state index contributed by atoms with van der Waals surface area (Å²) in [5, 5.41) is 13.7. The molecule has 1 aromatic rings. The van der Waals surface area contributed by atoms with Crippen molar-refractivity contribution in [1.29, 1.82) is 0 Å². The van der Waals surface area contributed by atoms with Crippen molar-refractivity contribution >= 4 is 33.0 Å². The lowest BCUT2D eigenvalue weighted by molar-refractivity contribution is -0.386. The van der Waals surface area contributed by atoms with Gasteiger partial charge in [-0.1, -0.05) is 6.07 Å². The summed E-state index contributed by atoms with van der Waals surface area (Å²) in [6.45, 7) is 0. The van der Waals surface area contributed by atoms with Crippen LogP contribution in [-0.4, -0.2) is 38.2 Å². The zero-order valence-electron chi connectivity index (χ0n) is 10.0. The number of anilines is 1. The Kier molecular flexibility index (Phi) is 4.97. The van der Waals surface area contributed by atoms with E-state index < -0.39 is 14.8 Å². The predicted octanol–water partition coefficient (Wildman–Crippen LogP) is 1.77. The van der Waals surface area contributed by atoms with E-state index in [2.05, 4.69) is 5.32 Å². The molecule has 8 heteroatoms. The quantitative estimate of drug-likeness (QED) is 0.488. The van der Waals surface area contributed by atoms with Crippen LogP contribution in [0.25, 0.3) is 0 Å². The van der Waals surface area contributed by atoms with Crippen molar-refractivity contribution in [2.24, 2.45) is 0 Å². The van der Waals surface area contributed by atoms with Gasteiger partial charge in [-0.25, -0.2) is 8.42 Å². The maximum absolute atomic E-state index is 11.0. The van der Waals surface area contributed by atoms with E-state index >= 15 is 0 Å². The number of nitrogens with zero attached hydrogens (tertiary/aromatic N) is 1. The number of para-hydroxylation sites is 1. The van der Waals surface area contributed by atoms with Crippen molar-refractivity contribution in [3.63, 3.8) is 0 Å². The Bertz CT molecular complexity index is 543. The highest BCUT2D eigenvalue weighted by atomic mass is 32.2. The first kappa shape index (κ1) is 14.8. The first-order valence-electron chi connectivity index (χ1n) is 5.11. The summed E-state index contributed by atoms with van der Waals surface area (Å²) in [6.07, 6.45) is 1.14. The molecule has 0 heterocycles. The van der Waals surface area contributed by atoms with Gasteiger partial charge in [0.05, 0.1) is 15.6 Å². The normalized spacial score (nSPS) is 11.2. The average Bonchev–Trinajstić information content (AvgIpc) is 2.26. The molecule has 0 unspecified atom stereocenters. The van der Waals surface area contributed by atoms with E-state index in [1.165, 1.54) is 11.8 Å². The Morgan fingerprint density at radius 2 is 2.11 bits per heavy atom. The van der Waals surface area contributed by atoms with Gasteiger partial charge in [0, 0.05) is 19.1 Å². The predicted molar refractivity (Wildman–Crippen MR) is 73.1 cm³/mol. The van der Waals surface area contributed by atoms with Crippen LogP contribution in [-0.2, 0) is 9.84 Å². The number of hydrogen-bond donors (Lipinski definition) is 1. The third-order valence-corrected chi connectivity index (χ3v) is 4.42. The van der Waals surface area contributed by atoms with Gasteiger partial charge in [-0.05, 0) is 12.1 Å². The van der Waals surface area contributed by atoms with Crippen LogP contribution in [0.4, 0.5) is 11.4 Å². The van der Waals surface area contributed by atoms with Gasteiger partial charge in [-0.2, -0.15) is 0 Å². The average molecular weight is 290 g/mol. The van der Waals surface area contributed by atoms with E-state index in [1.54, 1.807) is 25.2 Å². The molecule has 18 heavy (non-hydrogen) atoms. The molecule has 0 spiro atoms. The van der Waals surface area contributed by atoms with Crippen molar-refractivity contribution in [3.8, 4) is 0 Å². The second-order valence-corrected chi connectivity index (χ2v) is 7.03. The lowest BCUT2D eigenvalue weighted by atomic mass is 10.3. The summed E-state index contributed by atoms with van der Waals surface area (Å²) in [4.78, 5) is 11.0. The monoisotopic (exact) mass is 290 g/mol. The fourth-order valence-corrected chi connectivity index (χ4v) is 3.59. The van der Waals surface area contributed by atoms with Gasteiger partial charge in [0.1, 0.15) is 15.5 Å². The van der Waals surface area contributed by atoms with Crippen molar-refractivity contribution in [1.82, 2.24) is 0 Å². The van der Waals surface area contributed by atoms with Crippen LogP contribution in [0.1, 0.15) is 0 Å². The lowest BCUT2D eigenvalue weighted by Gasteiger charge is -2.06. The molecule has 1 rings (SSSR count). The number of sulfone groups is 1. The Morgan fingerprint density at radius 1 is 1.44 bits per heavy atom. The number of nitrogens with one attached hydrogen (secondary N) is 1. The van der Waals surface area contributed by atoms with Gasteiger partial charge >= 0.3 is 5.69 Å². The highest BCUT2D eigenvalue weighted by Gasteiger charge is 2.19. The number of hydrogen-bond acceptors (Lipinski definition) is 6.